The maximum atomic E-state index is 2.29. The molecule has 0 N–H and O–H groups in total. The zero-order valence-corrected chi connectivity index (χ0v) is 11.8. The molecular formula is C20H20. The summed E-state index contributed by atoms with van der Waals surface area (Å²) in [6.45, 7) is 0. The van der Waals surface area contributed by atoms with E-state index in [2.05, 4.69) is 60.7 Å². The molecule has 0 aromatic heterocycles. The fourth-order valence-electron chi connectivity index (χ4n) is 4.20. The van der Waals surface area contributed by atoms with Crippen LogP contribution in [0.25, 0.3) is 0 Å². The van der Waals surface area contributed by atoms with Crippen molar-refractivity contribution < 1.29 is 0 Å². The molecule has 2 fully saturated rings. The summed E-state index contributed by atoms with van der Waals surface area (Å²) in [6, 6.07) is 22.1. The quantitative estimate of drug-likeness (QED) is 0.708. The van der Waals surface area contributed by atoms with E-state index in [4.69, 9.17) is 0 Å². The number of hydrogen-bond acceptors (Lipinski definition) is 0. The molecule has 2 unspecified atom stereocenters. The topological polar surface area (TPSA) is 0 Å². The smallest absolute Gasteiger partial charge is 0.00929 e. The second-order valence-electron chi connectivity index (χ2n) is 6.10. The van der Waals surface area contributed by atoms with Crippen LogP contribution in [0.5, 0.6) is 0 Å². The molecular weight excluding hydrogens is 240 g/mol. The molecule has 2 aromatic carbocycles. The minimum atomic E-state index is 0.799. The molecule has 4 rings (SSSR count). The highest BCUT2D eigenvalue weighted by Gasteiger charge is 2.47. The van der Waals surface area contributed by atoms with Crippen molar-refractivity contribution in [3.05, 3.63) is 83.6 Å². The van der Waals surface area contributed by atoms with Crippen molar-refractivity contribution in [2.75, 3.05) is 0 Å². The van der Waals surface area contributed by atoms with E-state index in [9.17, 15) is 0 Å². The van der Waals surface area contributed by atoms with Crippen molar-refractivity contribution in [2.24, 2.45) is 11.8 Å². The second kappa shape index (κ2) is 5.09. The van der Waals surface area contributed by atoms with Crippen LogP contribution in [0.4, 0.5) is 0 Å². The van der Waals surface area contributed by atoms with Crippen LogP contribution >= 0.6 is 0 Å². The molecule has 0 amide bonds. The van der Waals surface area contributed by atoms with Gasteiger partial charge >= 0.3 is 0 Å². The van der Waals surface area contributed by atoms with Gasteiger partial charge in [0, 0.05) is 11.8 Å². The normalized spacial score (nSPS) is 26.8. The molecule has 0 saturated heterocycles. The van der Waals surface area contributed by atoms with Crippen LogP contribution in [-0.4, -0.2) is 0 Å². The molecule has 0 heterocycles. The first-order valence-corrected chi connectivity index (χ1v) is 7.76. The van der Waals surface area contributed by atoms with Gasteiger partial charge in [-0.1, -0.05) is 67.1 Å². The summed E-state index contributed by atoms with van der Waals surface area (Å²) in [5.74, 6) is 4.97. The maximum Gasteiger partial charge on any atom is 0.00929 e. The molecule has 0 spiro atoms. The summed E-state index contributed by atoms with van der Waals surface area (Å²) < 4.78 is 0. The van der Waals surface area contributed by atoms with Gasteiger partial charge in [-0.3, -0.25) is 0 Å². The van der Waals surface area contributed by atoms with Crippen molar-refractivity contribution >= 4 is 0 Å². The lowest BCUT2D eigenvalue weighted by Gasteiger charge is -2.18. The van der Waals surface area contributed by atoms with Crippen LogP contribution in [0, 0.1) is 23.7 Å². The van der Waals surface area contributed by atoms with Crippen LogP contribution < -0.4 is 0 Å². The standard InChI is InChI=1S/C20H20/c1-3-8-15(9-4-1)19-14-20(16-10-5-2-6-11-16)18-13-7-12-17(18)19/h1-6,8-11,17-18H,7,12-14H2. The largest absolute Gasteiger partial charge is 0.0622 e. The van der Waals surface area contributed by atoms with Gasteiger partial charge in [0.2, 0.25) is 0 Å². The van der Waals surface area contributed by atoms with Crippen molar-refractivity contribution in [1.29, 1.82) is 0 Å². The van der Waals surface area contributed by atoms with E-state index in [0.29, 0.717) is 0 Å². The fourth-order valence-corrected chi connectivity index (χ4v) is 4.20. The predicted octanol–water partition coefficient (Wildman–Crippen LogP) is 5.05. The van der Waals surface area contributed by atoms with Crippen molar-refractivity contribution in [3.8, 4) is 0 Å². The molecule has 2 radical (unpaired) electrons. The monoisotopic (exact) mass is 260 g/mol. The van der Waals surface area contributed by atoms with Gasteiger partial charge in [-0.25, -0.2) is 0 Å². The highest BCUT2D eigenvalue weighted by atomic mass is 14.5. The zero-order valence-electron chi connectivity index (χ0n) is 11.8. The van der Waals surface area contributed by atoms with Gasteiger partial charge < -0.3 is 0 Å². The van der Waals surface area contributed by atoms with E-state index in [1.165, 1.54) is 36.8 Å². The first kappa shape index (κ1) is 12.2. The van der Waals surface area contributed by atoms with E-state index in [1.54, 1.807) is 11.8 Å². The third-order valence-corrected chi connectivity index (χ3v) is 5.08. The minimum Gasteiger partial charge on any atom is -0.0622 e. The molecule has 2 aliphatic rings. The van der Waals surface area contributed by atoms with E-state index in [0.717, 1.165) is 11.8 Å². The molecule has 0 nitrogen and oxygen atoms in total. The van der Waals surface area contributed by atoms with Gasteiger partial charge in [0.05, 0.1) is 0 Å². The van der Waals surface area contributed by atoms with Gasteiger partial charge in [-0.05, 0) is 42.2 Å². The molecule has 0 bridgehead atoms. The highest BCUT2D eigenvalue weighted by molar-refractivity contribution is 5.46. The Morgan fingerprint density at radius 3 is 1.50 bits per heavy atom. The lowest BCUT2D eigenvalue weighted by atomic mass is 9.85. The van der Waals surface area contributed by atoms with Crippen LogP contribution in [0.2, 0.25) is 0 Å². The Morgan fingerprint density at radius 2 is 1.05 bits per heavy atom. The summed E-state index contributed by atoms with van der Waals surface area (Å²) in [6.07, 6.45) is 5.34. The third kappa shape index (κ3) is 1.98. The van der Waals surface area contributed by atoms with Crippen LogP contribution in [-0.2, 0) is 0 Å². The Balaban J connectivity index is 1.68. The molecule has 2 atom stereocenters. The van der Waals surface area contributed by atoms with Gasteiger partial charge in [-0.2, -0.15) is 0 Å². The van der Waals surface area contributed by atoms with Crippen molar-refractivity contribution in [3.63, 3.8) is 0 Å². The van der Waals surface area contributed by atoms with E-state index in [1.807, 2.05) is 0 Å². The Hall–Kier alpha value is -1.56. The Kier molecular flexibility index (Phi) is 3.10. The maximum absolute atomic E-state index is 2.29. The van der Waals surface area contributed by atoms with E-state index in [-0.39, 0.29) is 0 Å². The third-order valence-electron chi connectivity index (χ3n) is 5.08. The first-order chi connectivity index (χ1) is 9.93. The average Bonchev–Trinajstić information content (AvgIpc) is 3.11. The van der Waals surface area contributed by atoms with Crippen molar-refractivity contribution in [2.45, 2.75) is 25.7 Å². The SMILES string of the molecule is c1ccc([C]2C[C](c3ccccc3)C3CCCC23)cc1. The summed E-state index contributed by atoms with van der Waals surface area (Å²) in [5, 5.41) is 0. The molecule has 2 saturated carbocycles. The first-order valence-electron chi connectivity index (χ1n) is 7.76. The number of hydrogen-bond donors (Lipinski definition) is 0. The summed E-state index contributed by atoms with van der Waals surface area (Å²) in [4.78, 5) is 0. The van der Waals surface area contributed by atoms with Gasteiger partial charge in [0.1, 0.15) is 0 Å². The summed E-state index contributed by atoms with van der Waals surface area (Å²) >= 11 is 0. The molecule has 2 aromatic rings. The van der Waals surface area contributed by atoms with Crippen LogP contribution in [0.1, 0.15) is 36.8 Å². The zero-order chi connectivity index (χ0) is 13.4. The average molecular weight is 260 g/mol. The number of benzene rings is 2. The number of fused-ring (bicyclic) bond motifs is 1. The number of rotatable bonds is 2. The summed E-state index contributed by atoms with van der Waals surface area (Å²) in [5.41, 5.74) is 2.94. The van der Waals surface area contributed by atoms with Gasteiger partial charge in [-0.15, -0.1) is 0 Å². The van der Waals surface area contributed by atoms with E-state index >= 15 is 0 Å². The molecule has 0 heteroatoms. The molecule has 20 heavy (non-hydrogen) atoms. The Morgan fingerprint density at radius 1 is 0.600 bits per heavy atom. The van der Waals surface area contributed by atoms with Crippen LogP contribution in [0.3, 0.4) is 0 Å². The van der Waals surface area contributed by atoms with E-state index < -0.39 is 0 Å². The Labute approximate surface area is 121 Å². The van der Waals surface area contributed by atoms with Gasteiger partial charge in [0.15, 0.2) is 0 Å². The van der Waals surface area contributed by atoms with Gasteiger partial charge in [0.25, 0.3) is 0 Å². The Bertz CT molecular complexity index is 506. The molecule has 0 aliphatic heterocycles. The highest BCUT2D eigenvalue weighted by Crippen LogP contribution is 2.57. The molecule has 2 aliphatic carbocycles. The lowest BCUT2D eigenvalue weighted by molar-refractivity contribution is 0.506. The second-order valence-corrected chi connectivity index (χ2v) is 6.10. The van der Waals surface area contributed by atoms with Crippen molar-refractivity contribution in [1.82, 2.24) is 0 Å². The minimum absolute atomic E-state index is 0.799. The van der Waals surface area contributed by atoms with Crippen LogP contribution in [0.15, 0.2) is 60.7 Å². The fraction of sp³-hybridized carbons (Fsp3) is 0.300. The lowest BCUT2D eigenvalue weighted by Crippen LogP contribution is -2.10. The molecule has 100 valence electrons. The predicted molar refractivity (Wildman–Crippen MR) is 83.0 cm³/mol. The summed E-state index contributed by atoms with van der Waals surface area (Å²) in [7, 11) is 0.